The molecule has 4 atom stereocenters. The van der Waals surface area contributed by atoms with Gasteiger partial charge in [0.2, 0.25) is 11.8 Å². The molecular formula is C28H38N6O6. The number of methoxy groups -OCH3 is 1. The Labute approximate surface area is 233 Å². The van der Waals surface area contributed by atoms with Crippen LogP contribution in [-0.4, -0.2) is 77.9 Å². The quantitative estimate of drug-likeness (QED) is 0.270. The van der Waals surface area contributed by atoms with Crippen molar-refractivity contribution >= 4 is 40.6 Å². The van der Waals surface area contributed by atoms with E-state index in [2.05, 4.69) is 20.9 Å². The van der Waals surface area contributed by atoms with Gasteiger partial charge in [0.1, 0.15) is 23.3 Å². The number of H-pyrrole nitrogens is 1. The normalized spacial score (nSPS) is 20.4. The zero-order valence-corrected chi connectivity index (χ0v) is 23.3. The van der Waals surface area contributed by atoms with Gasteiger partial charge in [-0.3, -0.25) is 24.7 Å². The van der Waals surface area contributed by atoms with Crippen LogP contribution in [0.2, 0.25) is 0 Å². The molecule has 4 rings (SSSR count). The van der Waals surface area contributed by atoms with Gasteiger partial charge in [0.15, 0.2) is 6.10 Å². The number of fused-ring (bicyclic) bond motifs is 1. The van der Waals surface area contributed by atoms with E-state index in [1.807, 2.05) is 32.9 Å². The van der Waals surface area contributed by atoms with Crippen molar-refractivity contribution in [3.05, 3.63) is 30.0 Å². The van der Waals surface area contributed by atoms with Crippen molar-refractivity contribution in [2.75, 3.05) is 20.2 Å². The molecule has 1 aromatic heterocycles. The van der Waals surface area contributed by atoms with Gasteiger partial charge >= 0.3 is 6.09 Å². The molecule has 3 heterocycles. The lowest BCUT2D eigenvalue weighted by molar-refractivity contribution is -0.126. The van der Waals surface area contributed by atoms with E-state index in [9.17, 15) is 19.2 Å². The summed E-state index contributed by atoms with van der Waals surface area (Å²) in [6.07, 6.45) is 0.0764. The highest BCUT2D eigenvalue weighted by molar-refractivity contribution is 6.03. The molecular weight excluding hydrogens is 516 g/mol. The molecule has 0 spiro atoms. The van der Waals surface area contributed by atoms with E-state index < -0.39 is 42.0 Å². The highest BCUT2D eigenvalue weighted by atomic mass is 16.6. The Kier molecular flexibility index (Phi) is 8.96. The number of carbonyl (C=O) groups is 4. The maximum absolute atomic E-state index is 13.7. The third-order valence-electron chi connectivity index (χ3n) is 7.27. The molecule has 0 aliphatic carbocycles. The second-order valence-corrected chi connectivity index (χ2v) is 10.7. The number of nitrogens with zero attached hydrogens (tertiary/aromatic N) is 1. The molecule has 2 aliphatic heterocycles. The summed E-state index contributed by atoms with van der Waals surface area (Å²) < 4.78 is 10.9. The number of nitrogens with one attached hydrogen (secondary N) is 5. The molecule has 0 bridgehead atoms. The first-order valence-corrected chi connectivity index (χ1v) is 13.7. The molecule has 1 aromatic carbocycles. The van der Waals surface area contributed by atoms with Crippen molar-refractivity contribution in [2.45, 2.75) is 64.6 Å². The fourth-order valence-corrected chi connectivity index (χ4v) is 5.27. The van der Waals surface area contributed by atoms with Gasteiger partial charge in [-0.05, 0) is 49.8 Å². The number of cyclic esters (lactones) is 1. The van der Waals surface area contributed by atoms with Gasteiger partial charge in [-0.25, -0.2) is 4.79 Å². The average molecular weight is 555 g/mol. The van der Waals surface area contributed by atoms with Gasteiger partial charge < -0.3 is 30.4 Å². The van der Waals surface area contributed by atoms with Crippen LogP contribution in [-0.2, 0) is 14.3 Å². The van der Waals surface area contributed by atoms with Gasteiger partial charge in [0.05, 0.1) is 13.2 Å². The third kappa shape index (κ3) is 6.21. The molecule has 40 heavy (non-hydrogen) atoms. The number of benzene rings is 1. The number of hydrogen-bond donors (Lipinski definition) is 5. The maximum atomic E-state index is 13.7. The molecule has 4 amide bonds. The number of amides is 4. The lowest BCUT2D eigenvalue weighted by Gasteiger charge is -2.28. The van der Waals surface area contributed by atoms with Crippen molar-refractivity contribution < 1.29 is 28.7 Å². The van der Waals surface area contributed by atoms with E-state index in [1.165, 1.54) is 4.90 Å². The second-order valence-electron chi connectivity index (χ2n) is 10.7. The van der Waals surface area contributed by atoms with Crippen LogP contribution in [0.15, 0.2) is 24.3 Å². The molecule has 216 valence electrons. The smallest absolute Gasteiger partial charge is 0.416 e. The van der Waals surface area contributed by atoms with Crippen molar-refractivity contribution in [1.29, 1.82) is 5.41 Å². The summed E-state index contributed by atoms with van der Waals surface area (Å²) in [6.45, 7) is 6.61. The molecule has 0 saturated carbocycles. The third-order valence-corrected chi connectivity index (χ3v) is 7.27. The summed E-state index contributed by atoms with van der Waals surface area (Å²) in [7, 11) is 1.55. The molecule has 0 radical (unpaired) electrons. The van der Waals surface area contributed by atoms with Crippen LogP contribution < -0.4 is 20.7 Å². The van der Waals surface area contributed by atoms with Crippen molar-refractivity contribution in [1.82, 2.24) is 25.8 Å². The van der Waals surface area contributed by atoms with Gasteiger partial charge in [0.25, 0.3) is 5.91 Å². The van der Waals surface area contributed by atoms with Gasteiger partial charge in [0, 0.05) is 29.9 Å². The lowest BCUT2D eigenvalue weighted by atomic mass is 9.93. The van der Waals surface area contributed by atoms with Crippen LogP contribution in [0, 0.1) is 17.2 Å². The largest absolute Gasteiger partial charge is 0.496 e. The van der Waals surface area contributed by atoms with Crippen molar-refractivity contribution in [3.8, 4) is 5.75 Å². The maximum Gasteiger partial charge on any atom is 0.416 e. The minimum atomic E-state index is -1.03. The minimum absolute atomic E-state index is 0.0491. The Hall–Kier alpha value is -4.09. The van der Waals surface area contributed by atoms with E-state index in [0.29, 0.717) is 38.1 Å². The standard InChI is InChI=1S/C28H38N6O6/c1-5-11-34-24(29)23(40-28(34)38)19(13-16-9-10-30-25(16)35)32-26(36)20(12-15(2)3)33-27(37)21-14-17-18(31-21)7-6-8-22(17)39-4/h6-8,14-16,19-20,23,29,31H,5,9-13H2,1-4H3,(H,30,35)(H,32,36)(H,33,37)/t16?,19-,20-,23?/m0/s1. The van der Waals surface area contributed by atoms with Crippen LogP contribution in [0.1, 0.15) is 56.9 Å². The van der Waals surface area contributed by atoms with E-state index in [0.717, 1.165) is 10.9 Å². The van der Waals surface area contributed by atoms with Crippen LogP contribution in [0.3, 0.4) is 0 Å². The van der Waals surface area contributed by atoms with Gasteiger partial charge in [-0.2, -0.15) is 0 Å². The van der Waals surface area contributed by atoms with E-state index in [4.69, 9.17) is 14.9 Å². The zero-order chi connectivity index (χ0) is 29.0. The molecule has 2 aliphatic rings. The van der Waals surface area contributed by atoms with E-state index in [1.54, 1.807) is 19.2 Å². The number of rotatable bonds is 12. The van der Waals surface area contributed by atoms with E-state index in [-0.39, 0.29) is 29.8 Å². The van der Waals surface area contributed by atoms with Crippen LogP contribution in [0.25, 0.3) is 10.9 Å². The molecule has 2 saturated heterocycles. The summed E-state index contributed by atoms with van der Waals surface area (Å²) in [6, 6.07) is 5.40. The summed E-state index contributed by atoms with van der Waals surface area (Å²) in [5.41, 5.74) is 1.00. The Morgan fingerprint density at radius 1 is 1.25 bits per heavy atom. The summed E-state index contributed by atoms with van der Waals surface area (Å²) in [4.78, 5) is 56.1. The number of ether oxygens (including phenoxy) is 2. The number of carbonyl (C=O) groups excluding carboxylic acids is 4. The predicted molar refractivity (Wildman–Crippen MR) is 148 cm³/mol. The Balaban J connectivity index is 1.55. The molecule has 2 aromatic rings. The molecule has 2 unspecified atom stereocenters. The predicted octanol–water partition coefficient (Wildman–Crippen LogP) is 2.54. The number of hydrogen-bond acceptors (Lipinski definition) is 7. The Morgan fingerprint density at radius 3 is 2.67 bits per heavy atom. The number of aromatic nitrogens is 1. The minimum Gasteiger partial charge on any atom is -0.496 e. The highest BCUT2D eigenvalue weighted by Crippen LogP contribution is 2.27. The number of amidine groups is 1. The average Bonchev–Trinajstić information content (AvgIpc) is 3.61. The fourth-order valence-electron chi connectivity index (χ4n) is 5.27. The van der Waals surface area contributed by atoms with Crippen molar-refractivity contribution in [3.63, 3.8) is 0 Å². The first-order valence-electron chi connectivity index (χ1n) is 13.7. The topological polar surface area (TPSA) is 166 Å². The van der Waals surface area contributed by atoms with Crippen LogP contribution in [0.5, 0.6) is 5.75 Å². The monoisotopic (exact) mass is 554 g/mol. The Morgan fingerprint density at radius 2 is 2.02 bits per heavy atom. The van der Waals surface area contributed by atoms with Gasteiger partial charge in [-0.15, -0.1) is 0 Å². The van der Waals surface area contributed by atoms with Crippen molar-refractivity contribution in [2.24, 2.45) is 11.8 Å². The first-order chi connectivity index (χ1) is 19.1. The summed E-state index contributed by atoms with van der Waals surface area (Å²) in [5, 5.41) is 17.9. The summed E-state index contributed by atoms with van der Waals surface area (Å²) >= 11 is 0. The van der Waals surface area contributed by atoms with E-state index >= 15 is 0 Å². The Bertz CT molecular complexity index is 1290. The highest BCUT2D eigenvalue weighted by Gasteiger charge is 2.44. The molecule has 2 fully saturated rings. The molecule has 12 nitrogen and oxygen atoms in total. The lowest BCUT2D eigenvalue weighted by Crippen LogP contribution is -2.55. The summed E-state index contributed by atoms with van der Waals surface area (Å²) in [5.74, 6) is -0.823. The first kappa shape index (κ1) is 28.9. The number of aromatic amines is 1. The molecule has 12 heteroatoms. The second kappa shape index (κ2) is 12.4. The van der Waals surface area contributed by atoms with Gasteiger partial charge in [-0.1, -0.05) is 26.8 Å². The molecule has 5 N–H and O–H groups in total. The van der Waals surface area contributed by atoms with Crippen LogP contribution in [0.4, 0.5) is 4.79 Å². The zero-order valence-electron chi connectivity index (χ0n) is 23.3. The fraction of sp³-hybridized carbons (Fsp3) is 0.536. The van der Waals surface area contributed by atoms with Crippen LogP contribution >= 0.6 is 0 Å². The SMILES string of the molecule is CCCN1C(=N)C([C@H](CC2CCNC2=O)NC(=O)[C@H](CC(C)C)NC(=O)c2cc3c(OC)cccc3[nH]2)OC1=O.